The Morgan fingerprint density at radius 2 is 1.30 bits per heavy atom. The molecule has 0 aromatic carbocycles. The van der Waals surface area contributed by atoms with E-state index in [-0.39, 0.29) is 0 Å². The van der Waals surface area contributed by atoms with Crippen LogP contribution in [0.1, 0.15) is 73.6 Å². The summed E-state index contributed by atoms with van der Waals surface area (Å²) < 4.78 is 11.5. The molecule has 0 aromatic heterocycles. The molecular weight excluding hydrogens is 248 g/mol. The van der Waals surface area contributed by atoms with Crippen molar-refractivity contribution in [1.82, 2.24) is 0 Å². The van der Waals surface area contributed by atoms with Gasteiger partial charge in [-0.3, -0.25) is 0 Å². The molecule has 2 unspecified atom stereocenters. The first-order chi connectivity index (χ1) is 9.30. The molecule has 0 aromatic rings. The van der Waals surface area contributed by atoms with E-state index in [9.17, 15) is 0 Å². The van der Waals surface area contributed by atoms with E-state index in [1.807, 2.05) is 0 Å². The summed E-state index contributed by atoms with van der Waals surface area (Å²) in [7, 11) is 3.54. The fourth-order valence-corrected chi connectivity index (χ4v) is 3.28. The fraction of sp³-hybridized carbons (Fsp3) is 1.00. The summed E-state index contributed by atoms with van der Waals surface area (Å²) in [4.78, 5) is 0. The first kappa shape index (κ1) is 19.9. The van der Waals surface area contributed by atoms with E-state index in [0.29, 0.717) is 11.8 Å². The van der Waals surface area contributed by atoms with Crippen LogP contribution in [0.2, 0.25) is 0 Å². The highest BCUT2D eigenvalue weighted by atomic mass is 16.7. The molecule has 0 spiro atoms. The van der Waals surface area contributed by atoms with Gasteiger partial charge in [-0.2, -0.15) is 0 Å². The Hall–Kier alpha value is -0.0800. The van der Waals surface area contributed by atoms with Crippen LogP contribution in [0.3, 0.4) is 0 Å². The second-order valence-corrected chi connectivity index (χ2v) is 7.19. The summed E-state index contributed by atoms with van der Waals surface area (Å²) in [6.45, 7) is 13.6. The number of rotatable bonds is 11. The zero-order valence-electron chi connectivity index (χ0n) is 15.2. The molecule has 2 heteroatoms. The second kappa shape index (κ2) is 9.78. The van der Waals surface area contributed by atoms with Crippen molar-refractivity contribution in [3.05, 3.63) is 0 Å². The molecule has 20 heavy (non-hydrogen) atoms. The van der Waals surface area contributed by atoms with Crippen molar-refractivity contribution in [2.24, 2.45) is 23.7 Å². The quantitative estimate of drug-likeness (QED) is 0.466. The van der Waals surface area contributed by atoms with Gasteiger partial charge in [0.25, 0.3) is 0 Å². The number of hydrogen-bond acceptors (Lipinski definition) is 2. The first-order valence-electron chi connectivity index (χ1n) is 8.40. The van der Waals surface area contributed by atoms with Crippen molar-refractivity contribution in [1.29, 1.82) is 0 Å². The van der Waals surface area contributed by atoms with Gasteiger partial charge in [0.2, 0.25) is 0 Å². The molecule has 0 radical (unpaired) electrons. The third-order valence-corrected chi connectivity index (χ3v) is 4.70. The van der Waals surface area contributed by atoms with Crippen LogP contribution < -0.4 is 0 Å². The Labute approximate surface area is 127 Å². The van der Waals surface area contributed by atoms with Gasteiger partial charge in [0.1, 0.15) is 0 Å². The summed E-state index contributed by atoms with van der Waals surface area (Å²) in [5.41, 5.74) is 0. The van der Waals surface area contributed by atoms with Gasteiger partial charge in [-0.1, -0.05) is 67.2 Å². The molecule has 122 valence electrons. The highest BCUT2D eigenvalue weighted by Gasteiger charge is 2.39. The predicted octanol–water partition coefficient (Wildman–Crippen LogP) is 5.51. The van der Waals surface area contributed by atoms with Gasteiger partial charge >= 0.3 is 0 Å². The maximum Gasteiger partial charge on any atom is 0.172 e. The molecule has 0 N–H and O–H groups in total. The van der Waals surface area contributed by atoms with Crippen molar-refractivity contribution in [2.45, 2.75) is 79.4 Å². The lowest BCUT2D eigenvalue weighted by molar-refractivity contribution is -0.263. The molecule has 0 fully saturated rings. The van der Waals surface area contributed by atoms with E-state index in [1.54, 1.807) is 14.2 Å². The normalized spacial score (nSPS) is 15.9. The topological polar surface area (TPSA) is 18.5 Å². The second-order valence-electron chi connectivity index (χ2n) is 7.19. The lowest BCUT2D eigenvalue weighted by atomic mass is 9.84. The summed E-state index contributed by atoms with van der Waals surface area (Å²) in [5.74, 6) is 1.98. The first-order valence-corrected chi connectivity index (χ1v) is 8.40. The van der Waals surface area contributed by atoms with Crippen molar-refractivity contribution in [3.8, 4) is 0 Å². The molecule has 0 aliphatic heterocycles. The molecule has 0 heterocycles. The van der Waals surface area contributed by atoms with Gasteiger partial charge in [0.05, 0.1) is 0 Å². The van der Waals surface area contributed by atoms with E-state index < -0.39 is 5.79 Å². The number of ether oxygens (including phenoxy) is 2. The predicted molar refractivity (Wildman–Crippen MR) is 87.8 cm³/mol. The Morgan fingerprint density at radius 1 is 0.750 bits per heavy atom. The maximum absolute atomic E-state index is 5.73. The van der Waals surface area contributed by atoms with Crippen LogP contribution in [0.15, 0.2) is 0 Å². The van der Waals surface area contributed by atoms with Crippen LogP contribution in [0, 0.1) is 23.7 Å². The number of methoxy groups -OCH3 is 2. The van der Waals surface area contributed by atoms with Crippen LogP contribution in [0.5, 0.6) is 0 Å². The molecule has 0 aliphatic carbocycles. The average molecular weight is 286 g/mol. The lowest BCUT2D eigenvalue weighted by Gasteiger charge is -2.40. The van der Waals surface area contributed by atoms with Gasteiger partial charge in [0, 0.05) is 26.1 Å². The van der Waals surface area contributed by atoms with E-state index in [2.05, 4.69) is 41.5 Å². The standard InChI is InChI=1S/C18H38O2/c1-14(2)10-9-11-16(5)12-13-17(6)18(19-7,20-8)15(3)4/h14-17H,9-13H2,1-8H3. The maximum atomic E-state index is 5.73. The Bertz CT molecular complexity index is 232. The largest absolute Gasteiger partial charge is 0.353 e. The summed E-state index contributed by atoms with van der Waals surface area (Å²) in [6, 6.07) is 0. The molecule has 0 bridgehead atoms. The highest BCUT2D eigenvalue weighted by molar-refractivity contribution is 4.80. The molecule has 0 saturated carbocycles. The molecule has 0 rings (SSSR count). The smallest absolute Gasteiger partial charge is 0.172 e. The fourth-order valence-electron chi connectivity index (χ4n) is 3.28. The molecule has 0 aliphatic rings. The van der Waals surface area contributed by atoms with Gasteiger partial charge in [-0.05, 0) is 18.3 Å². The third kappa shape index (κ3) is 6.13. The number of hydrogen-bond donors (Lipinski definition) is 0. The van der Waals surface area contributed by atoms with Crippen LogP contribution in [-0.2, 0) is 9.47 Å². The summed E-state index contributed by atoms with van der Waals surface area (Å²) in [5, 5.41) is 0. The molecule has 2 atom stereocenters. The SMILES string of the molecule is COC(OC)(C(C)C)C(C)CCC(C)CCCC(C)C. The average Bonchev–Trinajstić information content (AvgIpc) is 2.37. The zero-order valence-corrected chi connectivity index (χ0v) is 15.2. The minimum absolute atomic E-state index is 0.365. The van der Waals surface area contributed by atoms with Crippen molar-refractivity contribution < 1.29 is 9.47 Å². The molecule has 0 amide bonds. The summed E-state index contributed by atoms with van der Waals surface area (Å²) >= 11 is 0. The minimum atomic E-state index is -0.433. The summed E-state index contributed by atoms with van der Waals surface area (Å²) in [6.07, 6.45) is 6.49. The minimum Gasteiger partial charge on any atom is -0.353 e. The molecule has 2 nitrogen and oxygen atoms in total. The van der Waals surface area contributed by atoms with Gasteiger partial charge in [-0.25, -0.2) is 0 Å². The van der Waals surface area contributed by atoms with Crippen LogP contribution in [-0.4, -0.2) is 20.0 Å². The van der Waals surface area contributed by atoms with Crippen LogP contribution in [0.4, 0.5) is 0 Å². The van der Waals surface area contributed by atoms with E-state index >= 15 is 0 Å². The van der Waals surface area contributed by atoms with Gasteiger partial charge < -0.3 is 9.47 Å². The van der Waals surface area contributed by atoms with Crippen LogP contribution >= 0.6 is 0 Å². The van der Waals surface area contributed by atoms with E-state index in [1.165, 1.54) is 32.1 Å². The lowest BCUT2D eigenvalue weighted by Crippen LogP contribution is -2.45. The third-order valence-electron chi connectivity index (χ3n) is 4.70. The highest BCUT2D eigenvalue weighted by Crippen LogP contribution is 2.34. The Morgan fingerprint density at radius 3 is 1.70 bits per heavy atom. The zero-order chi connectivity index (χ0) is 15.8. The Kier molecular flexibility index (Phi) is 9.74. The monoisotopic (exact) mass is 286 g/mol. The van der Waals surface area contributed by atoms with E-state index in [0.717, 1.165) is 11.8 Å². The van der Waals surface area contributed by atoms with Crippen molar-refractivity contribution in [2.75, 3.05) is 14.2 Å². The van der Waals surface area contributed by atoms with Gasteiger partial charge in [-0.15, -0.1) is 0 Å². The molecular formula is C18H38O2. The Balaban J connectivity index is 4.21. The van der Waals surface area contributed by atoms with Crippen molar-refractivity contribution in [3.63, 3.8) is 0 Å². The van der Waals surface area contributed by atoms with Gasteiger partial charge in [0.15, 0.2) is 5.79 Å². The van der Waals surface area contributed by atoms with E-state index in [4.69, 9.17) is 9.47 Å². The van der Waals surface area contributed by atoms with Crippen molar-refractivity contribution >= 4 is 0 Å². The molecule has 0 saturated heterocycles. The van der Waals surface area contributed by atoms with Crippen LogP contribution in [0.25, 0.3) is 0 Å².